The van der Waals surface area contributed by atoms with Gasteiger partial charge in [-0.15, -0.1) is 0 Å². The Balaban J connectivity index is 1.47. The largest absolute Gasteiger partial charge is 0.342 e. The topological polar surface area (TPSA) is 95.2 Å². The van der Waals surface area contributed by atoms with Crippen molar-refractivity contribution in [2.45, 2.75) is 32.2 Å². The van der Waals surface area contributed by atoms with Crippen LogP contribution in [0.2, 0.25) is 0 Å². The fourth-order valence-corrected chi connectivity index (χ4v) is 4.84. The Morgan fingerprint density at radius 2 is 2.20 bits per heavy atom. The molecule has 2 aromatic rings. The number of fused-ring (bicyclic) bond motifs is 1. The van der Waals surface area contributed by atoms with Gasteiger partial charge in [-0.3, -0.25) is 0 Å². The summed E-state index contributed by atoms with van der Waals surface area (Å²) in [5, 5.41) is 2.89. The molecule has 1 atom stereocenters. The highest BCUT2D eigenvalue weighted by Crippen LogP contribution is 2.13. The van der Waals surface area contributed by atoms with Gasteiger partial charge < -0.3 is 15.2 Å². The Bertz CT molecular complexity index is 813. The normalized spacial score (nSPS) is 20.4. The van der Waals surface area contributed by atoms with E-state index in [0.29, 0.717) is 19.5 Å². The number of rotatable bonds is 4. The average molecular weight is 364 g/mol. The quantitative estimate of drug-likeness (QED) is 0.808. The van der Waals surface area contributed by atoms with Crippen LogP contribution >= 0.6 is 0 Å². The summed E-state index contributed by atoms with van der Waals surface area (Å²) in [6.07, 6.45) is 2.02. The van der Waals surface area contributed by atoms with Crippen LogP contribution < -0.4 is 5.32 Å². The van der Waals surface area contributed by atoms with Crippen LogP contribution in [0, 0.1) is 0 Å². The molecule has 136 valence electrons. The Morgan fingerprint density at radius 3 is 3.00 bits per heavy atom. The number of aromatic amines is 1. The zero-order valence-corrected chi connectivity index (χ0v) is 15.2. The van der Waals surface area contributed by atoms with Gasteiger partial charge in [-0.1, -0.05) is 12.1 Å². The number of carbonyl (C=O) groups excluding carboxylic acids is 1. The predicted octanol–water partition coefficient (Wildman–Crippen LogP) is 1.71. The van der Waals surface area contributed by atoms with Crippen LogP contribution in [0.25, 0.3) is 11.0 Å². The zero-order valence-electron chi connectivity index (χ0n) is 14.4. The summed E-state index contributed by atoms with van der Waals surface area (Å²) >= 11 is 0. The van der Waals surface area contributed by atoms with Gasteiger partial charge in [-0.25, -0.2) is 18.2 Å². The minimum atomic E-state index is -3.04. The van der Waals surface area contributed by atoms with E-state index in [4.69, 9.17) is 0 Å². The second kappa shape index (κ2) is 7.43. The Morgan fingerprint density at radius 1 is 1.40 bits per heavy atom. The first-order valence-corrected chi connectivity index (χ1v) is 10.5. The molecule has 1 aromatic heterocycles. The second-order valence-corrected chi connectivity index (χ2v) is 8.78. The second-order valence-electron chi connectivity index (χ2n) is 6.55. The number of imidazole rings is 1. The third-order valence-corrected chi connectivity index (χ3v) is 6.35. The summed E-state index contributed by atoms with van der Waals surface area (Å²) in [4.78, 5) is 21.7. The van der Waals surface area contributed by atoms with Crippen LogP contribution in [0.5, 0.6) is 0 Å². The predicted molar refractivity (Wildman–Crippen MR) is 97.3 cm³/mol. The van der Waals surface area contributed by atoms with Gasteiger partial charge in [0.15, 0.2) is 9.84 Å². The van der Waals surface area contributed by atoms with Gasteiger partial charge in [0.2, 0.25) is 0 Å². The number of hydrogen-bond acceptors (Lipinski definition) is 4. The lowest BCUT2D eigenvalue weighted by molar-refractivity contribution is 0.185. The number of nitrogens with one attached hydrogen (secondary N) is 2. The molecule has 25 heavy (non-hydrogen) atoms. The molecular formula is C17H24N4O3S. The molecule has 7 nitrogen and oxygen atoms in total. The Kier molecular flexibility index (Phi) is 5.27. The molecular weight excluding hydrogens is 340 g/mol. The molecule has 1 aliphatic rings. The number of aryl methyl sites for hydroxylation is 1. The molecule has 1 unspecified atom stereocenters. The van der Waals surface area contributed by atoms with E-state index in [2.05, 4.69) is 15.3 Å². The number of sulfone groups is 1. The first-order valence-electron chi connectivity index (χ1n) is 8.63. The van der Waals surface area contributed by atoms with Crippen LogP contribution in [0.15, 0.2) is 24.3 Å². The summed E-state index contributed by atoms with van der Waals surface area (Å²) in [5.74, 6) is 1.11. The number of aromatic nitrogens is 2. The number of benzene rings is 1. The first-order chi connectivity index (χ1) is 11.9. The summed E-state index contributed by atoms with van der Waals surface area (Å²) in [7, 11) is -3.04. The molecule has 0 spiro atoms. The smallest absolute Gasteiger partial charge is 0.317 e. The molecule has 2 N–H and O–H groups in total. The number of nitrogens with zero attached hydrogens (tertiary/aromatic N) is 2. The number of H-pyrrole nitrogens is 1. The van der Waals surface area contributed by atoms with Gasteiger partial charge in [0, 0.05) is 25.6 Å². The van der Waals surface area contributed by atoms with E-state index in [1.807, 2.05) is 24.3 Å². The van der Waals surface area contributed by atoms with E-state index in [-0.39, 0.29) is 23.6 Å². The highest BCUT2D eigenvalue weighted by atomic mass is 32.2. The lowest BCUT2D eigenvalue weighted by atomic mass is 10.3. The zero-order chi connectivity index (χ0) is 17.9. The molecule has 1 aromatic carbocycles. The molecule has 0 bridgehead atoms. The summed E-state index contributed by atoms with van der Waals surface area (Å²) in [5.41, 5.74) is 1.96. The van der Waals surface area contributed by atoms with Crippen LogP contribution in [-0.2, 0) is 16.3 Å². The number of hydrogen-bond donors (Lipinski definition) is 2. The maximum atomic E-state index is 12.3. The fraction of sp³-hybridized carbons (Fsp3) is 0.529. The van der Waals surface area contributed by atoms with Crippen molar-refractivity contribution in [2.24, 2.45) is 0 Å². The molecule has 1 fully saturated rings. The van der Waals surface area contributed by atoms with Gasteiger partial charge >= 0.3 is 6.03 Å². The van der Waals surface area contributed by atoms with Crippen LogP contribution in [0.3, 0.4) is 0 Å². The van der Waals surface area contributed by atoms with Gasteiger partial charge in [-0.05, 0) is 31.9 Å². The number of amides is 2. The van der Waals surface area contributed by atoms with E-state index in [1.54, 1.807) is 11.8 Å². The highest BCUT2D eigenvalue weighted by molar-refractivity contribution is 7.91. The molecule has 8 heteroatoms. The molecule has 1 aliphatic heterocycles. The minimum absolute atomic E-state index is 0.0411. The molecule has 1 saturated heterocycles. The maximum Gasteiger partial charge on any atom is 0.317 e. The average Bonchev–Trinajstić information content (AvgIpc) is 2.91. The van der Waals surface area contributed by atoms with Crippen LogP contribution in [0.4, 0.5) is 4.79 Å². The van der Waals surface area contributed by atoms with Crippen LogP contribution in [0.1, 0.15) is 25.6 Å². The van der Waals surface area contributed by atoms with E-state index >= 15 is 0 Å². The van der Waals surface area contributed by atoms with Crippen molar-refractivity contribution in [3.8, 4) is 0 Å². The lowest BCUT2D eigenvalue weighted by Crippen LogP contribution is -2.46. The van der Waals surface area contributed by atoms with Crippen molar-refractivity contribution in [3.63, 3.8) is 0 Å². The molecule has 3 rings (SSSR count). The molecule has 0 saturated carbocycles. The molecule has 0 radical (unpaired) electrons. The molecule has 2 heterocycles. The Hall–Kier alpha value is -2.09. The highest BCUT2D eigenvalue weighted by Gasteiger charge is 2.28. The number of carbonyl (C=O) groups is 1. The van der Waals surface area contributed by atoms with Crippen molar-refractivity contribution in [3.05, 3.63) is 30.1 Å². The lowest BCUT2D eigenvalue weighted by Gasteiger charge is -2.26. The SMILES string of the molecule is CC1CS(=O)(=O)CCCN1C(=O)NCCCc1nc2ccccc2[nH]1. The van der Waals surface area contributed by atoms with Gasteiger partial charge in [0.1, 0.15) is 5.82 Å². The van der Waals surface area contributed by atoms with Gasteiger partial charge in [0.25, 0.3) is 0 Å². The van der Waals surface area contributed by atoms with Crippen LogP contribution in [-0.4, -0.2) is 60.0 Å². The summed E-state index contributed by atoms with van der Waals surface area (Å²) in [6, 6.07) is 7.40. The standard InChI is InChI=1S/C17H24N4O3S/c1-13-12-25(23,24)11-5-10-21(13)17(22)18-9-4-8-16-19-14-6-2-3-7-15(14)20-16/h2-3,6-7,13H,4-5,8-12H2,1H3,(H,18,22)(H,19,20). The van der Waals surface area contributed by atoms with Crippen molar-refractivity contribution in [2.75, 3.05) is 24.6 Å². The molecule has 2 amide bonds. The first kappa shape index (κ1) is 17.7. The van der Waals surface area contributed by atoms with Crippen molar-refractivity contribution < 1.29 is 13.2 Å². The van der Waals surface area contributed by atoms with E-state index in [9.17, 15) is 13.2 Å². The van der Waals surface area contributed by atoms with Gasteiger partial charge in [0.05, 0.1) is 22.5 Å². The minimum Gasteiger partial charge on any atom is -0.342 e. The van der Waals surface area contributed by atoms with Crippen molar-refractivity contribution >= 4 is 26.9 Å². The maximum absolute atomic E-state index is 12.3. The van der Waals surface area contributed by atoms with E-state index in [0.717, 1.165) is 29.7 Å². The fourth-order valence-electron chi connectivity index (χ4n) is 3.19. The third-order valence-electron chi connectivity index (χ3n) is 4.45. The third kappa shape index (κ3) is 4.50. The summed E-state index contributed by atoms with van der Waals surface area (Å²) < 4.78 is 23.5. The van der Waals surface area contributed by atoms with E-state index < -0.39 is 9.84 Å². The van der Waals surface area contributed by atoms with E-state index in [1.165, 1.54) is 0 Å². The van der Waals surface area contributed by atoms with Gasteiger partial charge in [-0.2, -0.15) is 0 Å². The summed E-state index contributed by atoms with van der Waals surface area (Å²) in [6.45, 7) is 2.80. The molecule has 0 aliphatic carbocycles. The Labute approximate surface area is 147 Å². The number of para-hydroxylation sites is 2. The van der Waals surface area contributed by atoms with Crippen molar-refractivity contribution in [1.29, 1.82) is 0 Å². The number of urea groups is 1. The monoisotopic (exact) mass is 364 g/mol. The van der Waals surface area contributed by atoms with Crippen molar-refractivity contribution in [1.82, 2.24) is 20.2 Å².